The summed E-state index contributed by atoms with van der Waals surface area (Å²) in [7, 11) is 0. The largest absolute Gasteiger partial charge is 0.480 e. The summed E-state index contributed by atoms with van der Waals surface area (Å²) in [6.07, 6.45) is 1.67. The van der Waals surface area contributed by atoms with Crippen LogP contribution in [0, 0.1) is 5.92 Å². The fourth-order valence-corrected chi connectivity index (χ4v) is 4.09. The molecule has 38 heavy (non-hydrogen) atoms. The van der Waals surface area contributed by atoms with Crippen molar-refractivity contribution in [1.82, 2.24) is 21.3 Å². The Labute approximate surface area is 224 Å². The predicted octanol–water partition coefficient (Wildman–Crippen LogP) is 0.139. The average Bonchev–Trinajstić information content (AvgIpc) is 3.23. The van der Waals surface area contributed by atoms with Crippen LogP contribution in [0.1, 0.15) is 79.6 Å². The van der Waals surface area contributed by atoms with Crippen LogP contribution in [0.15, 0.2) is 0 Å². The molecule has 1 aliphatic carbocycles. The molecule has 1 saturated carbocycles. The summed E-state index contributed by atoms with van der Waals surface area (Å²) >= 11 is 0. The van der Waals surface area contributed by atoms with E-state index in [9.17, 15) is 34.2 Å². The minimum atomic E-state index is -1.61. The summed E-state index contributed by atoms with van der Waals surface area (Å²) in [5.74, 6) is -3.66. The molecule has 0 saturated heterocycles. The molecule has 13 nitrogen and oxygen atoms in total. The van der Waals surface area contributed by atoms with Crippen LogP contribution in [0.5, 0.6) is 0 Å². The van der Waals surface area contributed by atoms with Gasteiger partial charge in [-0.25, -0.2) is 9.59 Å². The molecule has 13 heteroatoms. The van der Waals surface area contributed by atoms with Crippen molar-refractivity contribution < 1.29 is 38.9 Å². The lowest BCUT2D eigenvalue weighted by atomic mass is 10.0. The van der Waals surface area contributed by atoms with E-state index in [4.69, 9.17) is 10.5 Å². The molecule has 8 N–H and O–H groups in total. The van der Waals surface area contributed by atoms with Crippen LogP contribution in [0.2, 0.25) is 0 Å². The highest BCUT2D eigenvalue weighted by molar-refractivity contribution is 5.94. The van der Waals surface area contributed by atoms with Gasteiger partial charge in [0.2, 0.25) is 17.7 Å². The minimum absolute atomic E-state index is 0.0807. The van der Waals surface area contributed by atoms with Gasteiger partial charge in [-0.05, 0) is 53.4 Å². The Hall–Kier alpha value is -2.93. The number of aliphatic carboxylic acids is 1. The lowest BCUT2D eigenvalue weighted by molar-refractivity contribution is -0.145. The van der Waals surface area contributed by atoms with E-state index < -0.39 is 59.6 Å². The molecule has 0 aromatic heterocycles. The molecule has 1 aliphatic rings. The van der Waals surface area contributed by atoms with Crippen molar-refractivity contribution in [1.29, 1.82) is 0 Å². The van der Waals surface area contributed by atoms with Crippen LogP contribution in [0.3, 0.4) is 0 Å². The zero-order chi connectivity index (χ0) is 29.0. The molecule has 1 rings (SSSR count). The van der Waals surface area contributed by atoms with E-state index in [1.165, 1.54) is 6.92 Å². The molecule has 4 amide bonds. The van der Waals surface area contributed by atoms with Crippen LogP contribution in [-0.2, 0) is 23.9 Å². The van der Waals surface area contributed by atoms with Gasteiger partial charge in [0.15, 0.2) is 6.04 Å². The molecule has 0 radical (unpaired) electrons. The number of carbonyl (C=O) groups excluding carboxylic acids is 4. The standard InChI is InChI=1S/C25H45N5O8/c1-6-7-11-17(28-20(32)15-9-8-10-16(15)26)21(33)29-18(12-13-27-24(37)38-25(3,4)5)22(34)30-19(14(2)31)23(35)36/h14-19,31H,6-13,26H2,1-5H3,(H,27,37)(H,28,32)(H,29,33)(H,30,34)(H,35,36)/t14-,15-,16-,17+,18+,19+/m1/s1. The topological polar surface area (TPSA) is 209 Å². The molecule has 1 fully saturated rings. The molecule has 0 aliphatic heterocycles. The van der Waals surface area contributed by atoms with E-state index in [1.54, 1.807) is 20.8 Å². The highest BCUT2D eigenvalue weighted by Gasteiger charge is 2.34. The van der Waals surface area contributed by atoms with Gasteiger partial charge in [-0.1, -0.05) is 26.2 Å². The zero-order valence-electron chi connectivity index (χ0n) is 23.0. The quantitative estimate of drug-likeness (QED) is 0.159. The molecule has 0 spiro atoms. The first-order valence-electron chi connectivity index (χ1n) is 13.2. The fraction of sp³-hybridized carbons (Fsp3) is 0.800. The maximum atomic E-state index is 13.2. The van der Waals surface area contributed by atoms with Crippen LogP contribution < -0.4 is 27.0 Å². The maximum absolute atomic E-state index is 13.2. The van der Waals surface area contributed by atoms with Gasteiger partial charge in [-0.3, -0.25) is 14.4 Å². The molecule has 0 aromatic rings. The van der Waals surface area contributed by atoms with Crippen molar-refractivity contribution in [3.05, 3.63) is 0 Å². The third kappa shape index (κ3) is 11.6. The average molecular weight is 544 g/mol. The number of carbonyl (C=O) groups is 5. The number of nitrogens with one attached hydrogen (secondary N) is 4. The van der Waals surface area contributed by atoms with Crippen LogP contribution in [0.4, 0.5) is 4.79 Å². The van der Waals surface area contributed by atoms with Crippen molar-refractivity contribution >= 4 is 29.8 Å². The fourth-order valence-electron chi connectivity index (χ4n) is 4.09. The Kier molecular flexibility index (Phi) is 13.5. The van der Waals surface area contributed by atoms with Crippen molar-refractivity contribution in [2.45, 2.75) is 115 Å². The van der Waals surface area contributed by atoms with Crippen LogP contribution in [0.25, 0.3) is 0 Å². The van der Waals surface area contributed by atoms with Gasteiger partial charge < -0.3 is 42.0 Å². The summed E-state index contributed by atoms with van der Waals surface area (Å²) in [6.45, 7) is 8.13. The minimum Gasteiger partial charge on any atom is -0.480 e. The van der Waals surface area contributed by atoms with Crippen molar-refractivity contribution in [2.75, 3.05) is 6.54 Å². The second kappa shape index (κ2) is 15.5. The van der Waals surface area contributed by atoms with Gasteiger partial charge in [-0.15, -0.1) is 0 Å². The van der Waals surface area contributed by atoms with Gasteiger partial charge >= 0.3 is 12.1 Å². The molecule has 6 atom stereocenters. The molecule has 218 valence electrons. The van der Waals surface area contributed by atoms with Gasteiger partial charge in [0.05, 0.1) is 12.0 Å². The number of aliphatic hydroxyl groups is 1. The summed E-state index contributed by atoms with van der Waals surface area (Å²) in [5, 5.41) is 29.1. The Morgan fingerprint density at radius 1 is 1.00 bits per heavy atom. The molecule has 0 aromatic carbocycles. The molecule has 0 heterocycles. The van der Waals surface area contributed by atoms with Crippen molar-refractivity contribution in [3.8, 4) is 0 Å². The van der Waals surface area contributed by atoms with E-state index in [0.29, 0.717) is 19.3 Å². The second-order valence-corrected chi connectivity index (χ2v) is 10.7. The third-order valence-electron chi connectivity index (χ3n) is 6.17. The molecule has 0 unspecified atom stereocenters. The number of carboxylic acids is 1. The number of ether oxygens (including phenoxy) is 1. The normalized spacial score (nSPS) is 20.4. The van der Waals surface area contributed by atoms with E-state index in [-0.39, 0.29) is 24.9 Å². The predicted molar refractivity (Wildman–Crippen MR) is 139 cm³/mol. The number of aliphatic hydroxyl groups excluding tert-OH is 1. The van der Waals surface area contributed by atoms with E-state index >= 15 is 0 Å². The van der Waals surface area contributed by atoms with Crippen LogP contribution in [-0.4, -0.2) is 82.4 Å². The first-order valence-corrected chi connectivity index (χ1v) is 13.2. The Balaban J connectivity index is 3.00. The van der Waals surface area contributed by atoms with E-state index in [0.717, 1.165) is 19.3 Å². The Morgan fingerprint density at radius 2 is 1.61 bits per heavy atom. The van der Waals surface area contributed by atoms with Crippen molar-refractivity contribution in [3.63, 3.8) is 0 Å². The van der Waals surface area contributed by atoms with Gasteiger partial charge in [0.25, 0.3) is 0 Å². The lowest BCUT2D eigenvalue weighted by Gasteiger charge is -2.26. The van der Waals surface area contributed by atoms with Gasteiger partial charge in [0.1, 0.15) is 17.7 Å². The molecular weight excluding hydrogens is 498 g/mol. The van der Waals surface area contributed by atoms with Crippen molar-refractivity contribution in [2.24, 2.45) is 11.7 Å². The number of carboxylic acid groups (broad SMARTS) is 1. The Bertz CT molecular complexity index is 829. The summed E-state index contributed by atoms with van der Waals surface area (Å²) in [5.41, 5.74) is 5.30. The highest BCUT2D eigenvalue weighted by atomic mass is 16.6. The number of rotatable bonds is 14. The number of alkyl carbamates (subject to hydrolysis) is 1. The first-order chi connectivity index (χ1) is 17.7. The summed E-state index contributed by atoms with van der Waals surface area (Å²) in [4.78, 5) is 62.5. The SMILES string of the molecule is CCCC[C@H](NC(=O)[C@@H]1CCC[C@H]1N)C(=O)N[C@@H](CCNC(=O)OC(C)(C)C)C(=O)N[C@H](C(=O)O)[C@@H](C)O. The Morgan fingerprint density at radius 3 is 2.11 bits per heavy atom. The number of hydrogen-bond acceptors (Lipinski definition) is 8. The first kappa shape index (κ1) is 33.1. The molecular formula is C25H45N5O8. The number of nitrogens with two attached hydrogens (primary N) is 1. The maximum Gasteiger partial charge on any atom is 0.407 e. The lowest BCUT2D eigenvalue weighted by Crippen LogP contribution is -2.58. The zero-order valence-corrected chi connectivity index (χ0v) is 23.0. The van der Waals surface area contributed by atoms with Crippen LogP contribution >= 0.6 is 0 Å². The summed E-state index contributed by atoms with van der Waals surface area (Å²) in [6, 6.07) is -4.10. The van der Waals surface area contributed by atoms with Gasteiger partial charge in [-0.2, -0.15) is 0 Å². The molecule has 0 bridgehead atoms. The second-order valence-electron chi connectivity index (χ2n) is 10.7. The monoisotopic (exact) mass is 543 g/mol. The highest BCUT2D eigenvalue weighted by Crippen LogP contribution is 2.24. The summed E-state index contributed by atoms with van der Waals surface area (Å²) < 4.78 is 5.17. The number of amides is 4. The van der Waals surface area contributed by atoms with E-state index in [1.807, 2.05) is 6.92 Å². The van der Waals surface area contributed by atoms with Gasteiger partial charge in [0, 0.05) is 12.6 Å². The third-order valence-corrected chi connectivity index (χ3v) is 6.17. The number of hydrogen-bond donors (Lipinski definition) is 7. The smallest absolute Gasteiger partial charge is 0.407 e. The van der Waals surface area contributed by atoms with E-state index in [2.05, 4.69) is 21.3 Å². The number of unbranched alkanes of at least 4 members (excludes halogenated alkanes) is 1.